The summed E-state index contributed by atoms with van der Waals surface area (Å²) >= 11 is 5.98. The Bertz CT molecular complexity index is 448. The molecule has 19 heavy (non-hydrogen) atoms. The number of benzene rings is 1. The lowest BCUT2D eigenvalue weighted by Gasteiger charge is -2.21. The Balaban J connectivity index is 2.14. The second-order valence-electron chi connectivity index (χ2n) is 4.82. The van der Waals surface area contributed by atoms with E-state index in [1.807, 2.05) is 11.9 Å². The molecule has 1 aromatic rings. The summed E-state index contributed by atoms with van der Waals surface area (Å²) in [6, 6.07) is 3.56. The average Bonchev–Trinajstić information content (AvgIpc) is 2.76. The highest BCUT2D eigenvalue weighted by Crippen LogP contribution is 2.36. The molecule has 0 saturated carbocycles. The van der Waals surface area contributed by atoms with E-state index in [4.69, 9.17) is 11.6 Å². The maximum Gasteiger partial charge on any atom is 0.416 e. The van der Waals surface area contributed by atoms with Gasteiger partial charge in [0.05, 0.1) is 16.3 Å². The molecule has 1 aliphatic rings. The summed E-state index contributed by atoms with van der Waals surface area (Å²) in [5.74, 6) is 0.517. The van der Waals surface area contributed by atoms with E-state index in [1.54, 1.807) is 0 Å². The molecule has 0 spiro atoms. The molecule has 1 saturated heterocycles. The van der Waals surface area contributed by atoms with Crippen molar-refractivity contribution < 1.29 is 13.2 Å². The lowest BCUT2D eigenvalue weighted by atomic mass is 10.1. The van der Waals surface area contributed by atoms with Crippen molar-refractivity contribution in [1.82, 2.24) is 5.32 Å². The van der Waals surface area contributed by atoms with E-state index in [0.29, 0.717) is 11.6 Å². The summed E-state index contributed by atoms with van der Waals surface area (Å²) in [6.45, 7) is 2.57. The van der Waals surface area contributed by atoms with Gasteiger partial charge in [0, 0.05) is 13.1 Å². The van der Waals surface area contributed by atoms with Crippen LogP contribution in [0, 0.1) is 5.92 Å². The van der Waals surface area contributed by atoms with Gasteiger partial charge in [-0.25, -0.2) is 0 Å². The van der Waals surface area contributed by atoms with Crippen LogP contribution in [0.2, 0.25) is 5.02 Å². The first-order valence-electron chi connectivity index (χ1n) is 6.18. The molecular weight excluding hydrogens is 277 g/mol. The number of hydrogen-bond acceptors (Lipinski definition) is 2. The van der Waals surface area contributed by atoms with E-state index in [0.717, 1.165) is 38.2 Å². The molecule has 1 heterocycles. The Hall–Kier alpha value is -0.940. The van der Waals surface area contributed by atoms with Crippen molar-refractivity contribution >= 4 is 17.3 Å². The molecule has 0 radical (unpaired) electrons. The fraction of sp³-hybridized carbons (Fsp3) is 0.538. The minimum absolute atomic E-state index is 0.167. The van der Waals surface area contributed by atoms with E-state index in [-0.39, 0.29) is 5.02 Å². The zero-order valence-corrected chi connectivity index (χ0v) is 11.4. The second kappa shape index (κ2) is 5.59. The summed E-state index contributed by atoms with van der Waals surface area (Å²) in [5.41, 5.74) is -0.0134. The van der Waals surface area contributed by atoms with Crippen molar-refractivity contribution in [3.8, 4) is 0 Å². The van der Waals surface area contributed by atoms with Crippen LogP contribution >= 0.6 is 11.6 Å². The maximum absolute atomic E-state index is 12.6. The maximum atomic E-state index is 12.6. The number of alkyl halides is 3. The van der Waals surface area contributed by atoms with Crippen LogP contribution < -0.4 is 10.2 Å². The lowest BCUT2D eigenvalue weighted by molar-refractivity contribution is -0.137. The van der Waals surface area contributed by atoms with Crippen molar-refractivity contribution in [2.24, 2.45) is 5.92 Å². The van der Waals surface area contributed by atoms with Gasteiger partial charge in [-0.05, 0) is 44.1 Å². The van der Waals surface area contributed by atoms with Gasteiger partial charge in [-0.1, -0.05) is 11.6 Å². The van der Waals surface area contributed by atoms with Crippen LogP contribution in [0.5, 0.6) is 0 Å². The molecule has 2 nitrogen and oxygen atoms in total. The van der Waals surface area contributed by atoms with Gasteiger partial charge in [-0.2, -0.15) is 13.2 Å². The summed E-state index contributed by atoms with van der Waals surface area (Å²) in [6.07, 6.45) is -3.32. The van der Waals surface area contributed by atoms with Crippen molar-refractivity contribution in [2.45, 2.75) is 12.6 Å². The standard InChI is InChI=1S/C13H16ClF3N2/c1-18-7-9-4-5-19(8-9)12-3-2-10(6-11(12)14)13(15,16)17/h2-3,6,9,18H,4-5,7-8H2,1H3. The van der Waals surface area contributed by atoms with Gasteiger partial charge in [-0.3, -0.25) is 0 Å². The van der Waals surface area contributed by atoms with E-state index in [9.17, 15) is 13.2 Å². The van der Waals surface area contributed by atoms with Crippen LogP contribution in [0.4, 0.5) is 18.9 Å². The van der Waals surface area contributed by atoms with Crippen molar-refractivity contribution in [1.29, 1.82) is 0 Å². The minimum Gasteiger partial charge on any atom is -0.370 e. The minimum atomic E-state index is -4.35. The normalized spacial score (nSPS) is 20.1. The third kappa shape index (κ3) is 3.34. The highest BCUT2D eigenvalue weighted by Gasteiger charge is 2.32. The smallest absolute Gasteiger partial charge is 0.370 e. The van der Waals surface area contributed by atoms with Crippen molar-refractivity contribution in [3.05, 3.63) is 28.8 Å². The first kappa shape index (κ1) is 14.5. The van der Waals surface area contributed by atoms with Gasteiger partial charge in [0.15, 0.2) is 0 Å². The monoisotopic (exact) mass is 292 g/mol. The number of anilines is 1. The molecule has 0 amide bonds. The molecular formula is C13H16ClF3N2. The van der Waals surface area contributed by atoms with Crippen LogP contribution in [0.3, 0.4) is 0 Å². The predicted octanol–water partition coefficient (Wildman–Crippen LogP) is 3.40. The molecule has 1 atom stereocenters. The Morgan fingerprint density at radius 1 is 1.42 bits per heavy atom. The average molecular weight is 293 g/mol. The molecule has 1 aromatic carbocycles. The van der Waals surface area contributed by atoms with Gasteiger partial charge in [0.2, 0.25) is 0 Å². The van der Waals surface area contributed by atoms with Crippen molar-refractivity contribution in [3.63, 3.8) is 0 Å². The van der Waals surface area contributed by atoms with Crippen LogP contribution in [0.1, 0.15) is 12.0 Å². The summed E-state index contributed by atoms with van der Waals surface area (Å²) in [5, 5.41) is 3.28. The third-order valence-electron chi connectivity index (χ3n) is 3.39. The van der Waals surface area contributed by atoms with E-state index in [1.165, 1.54) is 6.07 Å². The van der Waals surface area contributed by atoms with E-state index in [2.05, 4.69) is 5.32 Å². The lowest BCUT2D eigenvalue weighted by Crippen LogP contribution is -2.24. The SMILES string of the molecule is CNCC1CCN(c2ccc(C(F)(F)F)cc2Cl)C1. The Kier molecular flexibility index (Phi) is 4.26. The molecule has 0 aromatic heterocycles. The largest absolute Gasteiger partial charge is 0.416 e. The molecule has 0 bridgehead atoms. The van der Waals surface area contributed by atoms with E-state index >= 15 is 0 Å². The van der Waals surface area contributed by atoms with Gasteiger partial charge in [0.1, 0.15) is 0 Å². The molecule has 6 heteroatoms. The highest BCUT2D eigenvalue weighted by molar-refractivity contribution is 6.33. The molecule has 2 rings (SSSR count). The Labute approximate surface area is 115 Å². The second-order valence-corrected chi connectivity index (χ2v) is 5.23. The predicted molar refractivity (Wildman–Crippen MR) is 70.7 cm³/mol. The number of nitrogens with one attached hydrogen (secondary N) is 1. The zero-order valence-electron chi connectivity index (χ0n) is 10.6. The number of halogens is 4. The van der Waals surface area contributed by atoms with Crippen molar-refractivity contribution in [2.75, 3.05) is 31.6 Å². The third-order valence-corrected chi connectivity index (χ3v) is 3.70. The molecule has 1 unspecified atom stereocenters. The van der Waals surface area contributed by atoms with Crippen LogP contribution in [-0.2, 0) is 6.18 Å². The van der Waals surface area contributed by atoms with Gasteiger partial charge < -0.3 is 10.2 Å². The summed E-state index contributed by atoms with van der Waals surface area (Å²) in [4.78, 5) is 2.05. The fourth-order valence-electron chi connectivity index (χ4n) is 2.45. The highest BCUT2D eigenvalue weighted by atomic mass is 35.5. The Morgan fingerprint density at radius 2 is 2.16 bits per heavy atom. The van der Waals surface area contributed by atoms with Gasteiger partial charge in [0.25, 0.3) is 0 Å². The van der Waals surface area contributed by atoms with Gasteiger partial charge >= 0.3 is 6.18 Å². The zero-order chi connectivity index (χ0) is 14.0. The quantitative estimate of drug-likeness (QED) is 0.918. The van der Waals surface area contributed by atoms with Crippen LogP contribution in [0.15, 0.2) is 18.2 Å². The summed E-state index contributed by atoms with van der Waals surface area (Å²) < 4.78 is 37.7. The molecule has 106 valence electrons. The topological polar surface area (TPSA) is 15.3 Å². The van der Waals surface area contributed by atoms with Crippen LogP contribution in [-0.4, -0.2) is 26.7 Å². The van der Waals surface area contributed by atoms with Crippen LogP contribution in [0.25, 0.3) is 0 Å². The number of hydrogen-bond donors (Lipinski definition) is 1. The van der Waals surface area contributed by atoms with Gasteiger partial charge in [-0.15, -0.1) is 0 Å². The molecule has 1 fully saturated rings. The molecule has 1 aliphatic heterocycles. The van der Waals surface area contributed by atoms with E-state index < -0.39 is 11.7 Å². The number of nitrogens with zero attached hydrogens (tertiary/aromatic N) is 1. The first-order chi connectivity index (χ1) is 8.91. The Morgan fingerprint density at radius 3 is 2.74 bits per heavy atom. The fourth-order valence-corrected chi connectivity index (χ4v) is 2.75. The molecule has 1 N–H and O–H groups in total. The number of rotatable bonds is 3. The summed E-state index contributed by atoms with van der Waals surface area (Å²) in [7, 11) is 1.90. The first-order valence-corrected chi connectivity index (χ1v) is 6.56. The molecule has 0 aliphatic carbocycles.